The second kappa shape index (κ2) is 6.18. The maximum absolute atomic E-state index is 6.21. The summed E-state index contributed by atoms with van der Waals surface area (Å²) in [6.07, 6.45) is 0.0822. The van der Waals surface area contributed by atoms with Gasteiger partial charge in [0.1, 0.15) is 11.9 Å². The van der Waals surface area contributed by atoms with E-state index in [1.165, 1.54) is 0 Å². The van der Waals surface area contributed by atoms with Crippen LogP contribution in [0.2, 0.25) is 0 Å². The molecule has 100 valence electrons. The molecule has 0 saturated carbocycles. The molecule has 0 bridgehead atoms. The van der Waals surface area contributed by atoms with Crippen molar-refractivity contribution in [2.75, 3.05) is 19.8 Å². The standard InChI is InChI=1S/C14H21NO3/c1-10(2)18-12-5-3-4-11(8-12)14(15)13-9-16-6-7-17-13/h3-5,8,10,13-14H,6-7,9,15H2,1-2H3. The quantitative estimate of drug-likeness (QED) is 0.888. The summed E-state index contributed by atoms with van der Waals surface area (Å²) in [6, 6.07) is 7.68. The Balaban J connectivity index is 2.06. The van der Waals surface area contributed by atoms with Gasteiger partial charge in [0.25, 0.3) is 0 Å². The van der Waals surface area contributed by atoms with Crippen LogP contribution in [-0.4, -0.2) is 32.0 Å². The van der Waals surface area contributed by atoms with Crippen molar-refractivity contribution in [2.45, 2.75) is 32.1 Å². The average molecular weight is 251 g/mol. The summed E-state index contributed by atoms with van der Waals surface area (Å²) >= 11 is 0. The summed E-state index contributed by atoms with van der Waals surface area (Å²) in [5.74, 6) is 0.842. The molecular formula is C14H21NO3. The van der Waals surface area contributed by atoms with Crippen LogP contribution in [0, 0.1) is 0 Å². The van der Waals surface area contributed by atoms with Crippen molar-refractivity contribution >= 4 is 0 Å². The third kappa shape index (κ3) is 3.45. The number of hydrogen-bond donors (Lipinski definition) is 1. The van der Waals surface area contributed by atoms with Gasteiger partial charge < -0.3 is 19.9 Å². The fourth-order valence-electron chi connectivity index (χ4n) is 2.00. The number of nitrogens with two attached hydrogens (primary N) is 1. The third-order valence-electron chi connectivity index (χ3n) is 2.86. The van der Waals surface area contributed by atoms with Crippen LogP contribution in [0.1, 0.15) is 25.5 Å². The Bertz CT molecular complexity index is 375. The van der Waals surface area contributed by atoms with Crippen molar-refractivity contribution in [3.05, 3.63) is 29.8 Å². The van der Waals surface area contributed by atoms with Crippen LogP contribution in [0.4, 0.5) is 0 Å². The second-order valence-corrected chi connectivity index (χ2v) is 4.75. The van der Waals surface area contributed by atoms with Crippen molar-refractivity contribution in [2.24, 2.45) is 5.73 Å². The molecule has 1 fully saturated rings. The lowest BCUT2D eigenvalue weighted by molar-refractivity contribution is -0.0975. The molecule has 0 amide bonds. The molecule has 1 aliphatic heterocycles. The molecule has 4 heteroatoms. The molecule has 1 saturated heterocycles. The second-order valence-electron chi connectivity index (χ2n) is 4.75. The van der Waals surface area contributed by atoms with Gasteiger partial charge in [0.2, 0.25) is 0 Å². The summed E-state index contributed by atoms with van der Waals surface area (Å²) in [7, 11) is 0. The minimum absolute atomic E-state index is 0.0759. The predicted molar refractivity (Wildman–Crippen MR) is 69.7 cm³/mol. The van der Waals surface area contributed by atoms with Gasteiger partial charge >= 0.3 is 0 Å². The first kappa shape index (κ1) is 13.3. The monoisotopic (exact) mass is 251 g/mol. The predicted octanol–water partition coefficient (Wildman–Crippen LogP) is 1.89. The molecule has 1 aliphatic rings. The van der Waals surface area contributed by atoms with Gasteiger partial charge in [-0.05, 0) is 31.5 Å². The first-order valence-corrected chi connectivity index (χ1v) is 6.38. The summed E-state index contributed by atoms with van der Waals surface area (Å²) in [5, 5.41) is 0. The van der Waals surface area contributed by atoms with E-state index in [9.17, 15) is 0 Å². The Kier molecular flexibility index (Phi) is 4.58. The van der Waals surface area contributed by atoms with Gasteiger partial charge in [-0.25, -0.2) is 0 Å². The van der Waals surface area contributed by atoms with Gasteiger partial charge in [0.15, 0.2) is 0 Å². The molecule has 4 nitrogen and oxygen atoms in total. The van der Waals surface area contributed by atoms with Crippen LogP contribution in [0.25, 0.3) is 0 Å². The Morgan fingerprint density at radius 2 is 2.17 bits per heavy atom. The normalized spacial score (nSPS) is 21.9. The van der Waals surface area contributed by atoms with Gasteiger partial charge in [-0.2, -0.15) is 0 Å². The summed E-state index contributed by atoms with van der Waals surface area (Å²) in [5.41, 5.74) is 7.23. The lowest BCUT2D eigenvalue weighted by atomic mass is 10.0. The van der Waals surface area contributed by atoms with E-state index in [1.54, 1.807) is 0 Å². The minimum atomic E-state index is -0.180. The van der Waals surface area contributed by atoms with Crippen molar-refractivity contribution in [1.29, 1.82) is 0 Å². The zero-order chi connectivity index (χ0) is 13.0. The van der Waals surface area contributed by atoms with Crippen LogP contribution in [-0.2, 0) is 9.47 Å². The molecule has 1 aromatic carbocycles. The average Bonchev–Trinajstić information content (AvgIpc) is 2.38. The van der Waals surface area contributed by atoms with Crippen molar-refractivity contribution in [3.63, 3.8) is 0 Å². The SMILES string of the molecule is CC(C)Oc1cccc(C(N)C2COCCO2)c1. The third-order valence-corrected chi connectivity index (χ3v) is 2.86. The van der Waals surface area contributed by atoms with Crippen LogP contribution >= 0.6 is 0 Å². The molecule has 2 atom stereocenters. The molecule has 0 aromatic heterocycles. The molecule has 2 rings (SSSR count). The van der Waals surface area contributed by atoms with E-state index in [0.717, 1.165) is 11.3 Å². The Morgan fingerprint density at radius 3 is 2.83 bits per heavy atom. The van der Waals surface area contributed by atoms with E-state index in [4.69, 9.17) is 19.9 Å². The highest BCUT2D eigenvalue weighted by molar-refractivity contribution is 5.31. The van der Waals surface area contributed by atoms with Gasteiger partial charge in [-0.3, -0.25) is 0 Å². The van der Waals surface area contributed by atoms with E-state index in [2.05, 4.69) is 0 Å². The van der Waals surface area contributed by atoms with Gasteiger partial charge in [0.05, 0.1) is 32.0 Å². The molecule has 18 heavy (non-hydrogen) atoms. The first-order valence-electron chi connectivity index (χ1n) is 6.38. The smallest absolute Gasteiger partial charge is 0.120 e. The van der Waals surface area contributed by atoms with Crippen LogP contribution in [0.15, 0.2) is 24.3 Å². The fourth-order valence-corrected chi connectivity index (χ4v) is 2.00. The fraction of sp³-hybridized carbons (Fsp3) is 0.571. The van der Waals surface area contributed by atoms with Crippen molar-refractivity contribution < 1.29 is 14.2 Å². The number of ether oxygens (including phenoxy) is 3. The molecular weight excluding hydrogens is 230 g/mol. The minimum Gasteiger partial charge on any atom is -0.491 e. The highest BCUT2D eigenvalue weighted by Crippen LogP contribution is 2.23. The van der Waals surface area contributed by atoms with E-state index >= 15 is 0 Å². The number of benzene rings is 1. The van der Waals surface area contributed by atoms with E-state index in [-0.39, 0.29) is 18.2 Å². The van der Waals surface area contributed by atoms with Crippen molar-refractivity contribution in [3.8, 4) is 5.75 Å². The zero-order valence-corrected chi connectivity index (χ0v) is 11.0. The Labute approximate surface area is 108 Å². The molecule has 2 unspecified atom stereocenters. The maximum Gasteiger partial charge on any atom is 0.120 e. The van der Waals surface area contributed by atoms with E-state index in [0.29, 0.717) is 19.8 Å². The summed E-state index contributed by atoms with van der Waals surface area (Å²) in [4.78, 5) is 0. The van der Waals surface area contributed by atoms with Gasteiger partial charge in [-0.1, -0.05) is 12.1 Å². The Morgan fingerprint density at radius 1 is 1.33 bits per heavy atom. The topological polar surface area (TPSA) is 53.7 Å². The van der Waals surface area contributed by atoms with Crippen LogP contribution < -0.4 is 10.5 Å². The lowest BCUT2D eigenvalue weighted by Crippen LogP contribution is -2.37. The highest BCUT2D eigenvalue weighted by Gasteiger charge is 2.23. The number of rotatable bonds is 4. The zero-order valence-electron chi connectivity index (χ0n) is 11.0. The van der Waals surface area contributed by atoms with Gasteiger partial charge in [0, 0.05) is 0 Å². The molecule has 2 N–H and O–H groups in total. The summed E-state index contributed by atoms with van der Waals surface area (Å²) < 4.78 is 16.7. The highest BCUT2D eigenvalue weighted by atomic mass is 16.6. The first-order chi connectivity index (χ1) is 8.66. The Hall–Kier alpha value is -1.10. The number of hydrogen-bond acceptors (Lipinski definition) is 4. The molecule has 0 radical (unpaired) electrons. The molecule has 0 spiro atoms. The van der Waals surface area contributed by atoms with Gasteiger partial charge in [-0.15, -0.1) is 0 Å². The van der Waals surface area contributed by atoms with E-state index in [1.807, 2.05) is 38.1 Å². The largest absolute Gasteiger partial charge is 0.491 e. The van der Waals surface area contributed by atoms with E-state index < -0.39 is 0 Å². The molecule has 1 aromatic rings. The lowest BCUT2D eigenvalue weighted by Gasteiger charge is -2.28. The van der Waals surface area contributed by atoms with Crippen LogP contribution in [0.3, 0.4) is 0 Å². The van der Waals surface area contributed by atoms with Crippen molar-refractivity contribution in [1.82, 2.24) is 0 Å². The van der Waals surface area contributed by atoms with Crippen LogP contribution in [0.5, 0.6) is 5.75 Å². The summed E-state index contributed by atoms with van der Waals surface area (Å²) in [6.45, 7) is 5.83. The molecule has 1 heterocycles. The molecule has 0 aliphatic carbocycles. The maximum atomic E-state index is 6.21.